The Balaban J connectivity index is 1.44. The number of carbonyl (C=O) groups excluding carboxylic acids is 2. The van der Waals surface area contributed by atoms with Gasteiger partial charge in [-0.25, -0.2) is 4.79 Å². The van der Waals surface area contributed by atoms with Crippen molar-refractivity contribution in [3.63, 3.8) is 0 Å². The molecule has 5 rings (SSSR count). The van der Waals surface area contributed by atoms with E-state index in [1.54, 1.807) is 25.2 Å². The Morgan fingerprint density at radius 2 is 1.59 bits per heavy atom. The molecule has 0 bridgehead atoms. The number of nitrogens with zero attached hydrogens (tertiary/aromatic N) is 1. The van der Waals surface area contributed by atoms with E-state index >= 15 is 0 Å². The van der Waals surface area contributed by atoms with Gasteiger partial charge < -0.3 is 39.2 Å². The van der Waals surface area contributed by atoms with Gasteiger partial charge in [-0.2, -0.15) is 0 Å². The van der Waals surface area contributed by atoms with E-state index in [4.69, 9.17) is 23.7 Å². The summed E-state index contributed by atoms with van der Waals surface area (Å²) in [4.78, 5) is 27.8. The van der Waals surface area contributed by atoms with Crippen LogP contribution < -0.4 is 34.3 Å². The summed E-state index contributed by atoms with van der Waals surface area (Å²) in [7, 11) is 6.30. The van der Waals surface area contributed by atoms with Crippen molar-refractivity contribution < 1.29 is 33.3 Å². The number of methoxy groups -OCH3 is 4. The van der Waals surface area contributed by atoms with E-state index in [0.717, 1.165) is 28.0 Å². The quantitative estimate of drug-likeness (QED) is 0.335. The van der Waals surface area contributed by atoms with Gasteiger partial charge in [0, 0.05) is 44.4 Å². The van der Waals surface area contributed by atoms with Gasteiger partial charge >= 0.3 is 6.09 Å². The first-order valence-corrected chi connectivity index (χ1v) is 14.6. The number of fused-ring (bicyclic) bond motifs is 1. The first-order valence-electron chi connectivity index (χ1n) is 14.6. The Hall–Kier alpha value is -4.70. The topological polar surface area (TPSA) is 108 Å². The predicted molar refractivity (Wildman–Crippen MR) is 169 cm³/mol. The standard InChI is InChI=1S/C34H39N3O7/c1-21-27(15-22-16-30(42-4)33(31(17-22)43-5)44-34(39)37-13-11-35-12-14-37)26-10-9-25(41-3)19-29(26)28(21)20-32(38)36-23-7-6-8-24(18-23)40-2/h6-10,15-19,21,28,35H,11-14,20H2,1-5H3,(H,36,38)/b27-15-. The molecular formula is C34H39N3O7. The molecule has 1 heterocycles. The second-order valence-electron chi connectivity index (χ2n) is 10.8. The molecule has 10 nitrogen and oxygen atoms in total. The molecule has 2 unspecified atom stereocenters. The Bertz CT molecular complexity index is 1520. The van der Waals surface area contributed by atoms with Gasteiger partial charge in [-0.05, 0) is 70.5 Å². The van der Waals surface area contributed by atoms with Crippen molar-refractivity contribution in [3.05, 3.63) is 71.3 Å². The van der Waals surface area contributed by atoms with Crippen molar-refractivity contribution >= 4 is 29.3 Å². The molecule has 1 fully saturated rings. The maximum atomic E-state index is 13.3. The van der Waals surface area contributed by atoms with Gasteiger partial charge in [0.1, 0.15) is 11.5 Å². The molecule has 3 aromatic rings. The van der Waals surface area contributed by atoms with E-state index in [9.17, 15) is 9.59 Å². The van der Waals surface area contributed by atoms with Crippen LogP contribution in [0.1, 0.15) is 36.0 Å². The molecule has 0 aromatic heterocycles. The Kier molecular flexibility index (Phi) is 9.59. The number of carbonyl (C=O) groups is 2. The van der Waals surface area contributed by atoms with Crippen LogP contribution in [0.5, 0.6) is 28.7 Å². The summed E-state index contributed by atoms with van der Waals surface area (Å²) in [6.07, 6.45) is 1.91. The first kappa shape index (κ1) is 30.7. The summed E-state index contributed by atoms with van der Waals surface area (Å²) in [5.41, 5.74) is 4.65. The van der Waals surface area contributed by atoms with E-state index < -0.39 is 6.09 Å². The van der Waals surface area contributed by atoms with Crippen LogP contribution in [0.25, 0.3) is 11.6 Å². The number of rotatable bonds is 9. The number of piperazine rings is 1. The fourth-order valence-electron chi connectivity index (χ4n) is 5.84. The zero-order chi connectivity index (χ0) is 31.2. The monoisotopic (exact) mass is 601 g/mol. The number of allylic oxidation sites excluding steroid dienone is 1. The maximum Gasteiger partial charge on any atom is 0.415 e. The lowest BCUT2D eigenvalue weighted by molar-refractivity contribution is -0.116. The highest BCUT2D eigenvalue weighted by molar-refractivity contribution is 5.94. The number of anilines is 1. The fourth-order valence-corrected chi connectivity index (χ4v) is 5.84. The number of hydrogen-bond acceptors (Lipinski definition) is 8. The van der Waals surface area contributed by atoms with Crippen molar-refractivity contribution in [1.29, 1.82) is 0 Å². The molecular weight excluding hydrogens is 562 g/mol. The lowest BCUT2D eigenvalue weighted by atomic mass is 9.88. The molecule has 2 aliphatic rings. The van der Waals surface area contributed by atoms with Gasteiger partial charge in [0.15, 0.2) is 11.5 Å². The highest BCUT2D eigenvalue weighted by Crippen LogP contribution is 2.50. The molecule has 2 amide bonds. The second-order valence-corrected chi connectivity index (χ2v) is 10.8. The molecule has 0 radical (unpaired) electrons. The van der Waals surface area contributed by atoms with Crippen molar-refractivity contribution in [2.75, 3.05) is 59.9 Å². The highest BCUT2D eigenvalue weighted by atomic mass is 16.6. The maximum absolute atomic E-state index is 13.3. The summed E-state index contributed by atoms with van der Waals surface area (Å²) >= 11 is 0. The number of hydrogen-bond donors (Lipinski definition) is 2. The minimum Gasteiger partial charge on any atom is -0.497 e. The smallest absolute Gasteiger partial charge is 0.415 e. The zero-order valence-corrected chi connectivity index (χ0v) is 25.8. The third kappa shape index (κ3) is 6.60. The summed E-state index contributed by atoms with van der Waals surface area (Å²) in [5, 5.41) is 6.24. The van der Waals surface area contributed by atoms with Gasteiger partial charge in [0.2, 0.25) is 11.7 Å². The van der Waals surface area contributed by atoms with Crippen LogP contribution in [-0.4, -0.2) is 71.5 Å². The molecule has 0 spiro atoms. The Labute approximate surface area is 257 Å². The molecule has 10 heteroatoms. The van der Waals surface area contributed by atoms with Crippen LogP contribution >= 0.6 is 0 Å². The van der Waals surface area contributed by atoms with Gasteiger partial charge in [-0.15, -0.1) is 0 Å². The first-order chi connectivity index (χ1) is 21.3. The van der Waals surface area contributed by atoms with Crippen molar-refractivity contribution in [3.8, 4) is 28.7 Å². The summed E-state index contributed by atoms with van der Waals surface area (Å²) in [6, 6.07) is 16.9. The number of ether oxygens (including phenoxy) is 5. The average molecular weight is 602 g/mol. The summed E-state index contributed by atoms with van der Waals surface area (Å²) in [5.74, 6) is 2.24. The van der Waals surface area contributed by atoms with Crippen molar-refractivity contribution in [1.82, 2.24) is 10.2 Å². The van der Waals surface area contributed by atoms with Gasteiger partial charge in [0.05, 0.1) is 28.4 Å². The molecule has 1 saturated heterocycles. The molecule has 44 heavy (non-hydrogen) atoms. The van der Waals surface area contributed by atoms with E-state index in [1.807, 2.05) is 48.5 Å². The average Bonchev–Trinajstić information content (AvgIpc) is 3.30. The van der Waals surface area contributed by atoms with Crippen molar-refractivity contribution in [2.45, 2.75) is 19.3 Å². The van der Waals surface area contributed by atoms with Crippen LogP contribution in [-0.2, 0) is 4.79 Å². The SMILES string of the molecule is COc1cccc(NC(=O)CC2c3cc(OC)ccc3/C(=C\c3cc(OC)c(OC(=O)N4CCNCC4)c(OC)c3)C2C)c1. The summed E-state index contributed by atoms with van der Waals surface area (Å²) < 4.78 is 27.9. The largest absolute Gasteiger partial charge is 0.497 e. The summed E-state index contributed by atoms with van der Waals surface area (Å²) in [6.45, 7) is 4.68. The van der Waals surface area contributed by atoms with Crippen LogP contribution in [0.15, 0.2) is 54.6 Å². The lowest BCUT2D eigenvalue weighted by Crippen LogP contribution is -2.47. The molecule has 2 atom stereocenters. The van der Waals surface area contributed by atoms with E-state index in [2.05, 4.69) is 23.6 Å². The minimum atomic E-state index is -0.448. The molecule has 2 N–H and O–H groups in total. The van der Waals surface area contributed by atoms with E-state index in [1.165, 1.54) is 14.2 Å². The molecule has 232 valence electrons. The normalized spacial score (nSPS) is 18.4. The van der Waals surface area contributed by atoms with Gasteiger partial charge in [-0.3, -0.25) is 4.79 Å². The molecule has 3 aromatic carbocycles. The number of amides is 2. The third-order valence-electron chi connectivity index (χ3n) is 8.19. The zero-order valence-electron chi connectivity index (χ0n) is 25.8. The van der Waals surface area contributed by atoms with Crippen LogP contribution in [0.3, 0.4) is 0 Å². The predicted octanol–water partition coefficient (Wildman–Crippen LogP) is 5.43. The van der Waals surface area contributed by atoms with Crippen LogP contribution in [0, 0.1) is 5.92 Å². The van der Waals surface area contributed by atoms with Crippen LogP contribution in [0.4, 0.5) is 10.5 Å². The van der Waals surface area contributed by atoms with E-state index in [-0.39, 0.29) is 29.9 Å². The molecule has 0 saturated carbocycles. The molecule has 1 aliphatic heterocycles. The Morgan fingerprint density at radius 3 is 2.25 bits per heavy atom. The highest BCUT2D eigenvalue weighted by Gasteiger charge is 2.35. The van der Waals surface area contributed by atoms with Gasteiger partial charge in [0.25, 0.3) is 0 Å². The Morgan fingerprint density at radius 1 is 0.909 bits per heavy atom. The lowest BCUT2D eigenvalue weighted by Gasteiger charge is -2.27. The number of benzene rings is 3. The van der Waals surface area contributed by atoms with Crippen LogP contribution in [0.2, 0.25) is 0 Å². The third-order valence-corrected chi connectivity index (χ3v) is 8.19. The minimum absolute atomic E-state index is 0.00960. The second kappa shape index (κ2) is 13.7. The number of nitrogens with one attached hydrogen (secondary N) is 2. The van der Waals surface area contributed by atoms with E-state index in [0.29, 0.717) is 49.1 Å². The van der Waals surface area contributed by atoms with Crippen molar-refractivity contribution in [2.24, 2.45) is 5.92 Å². The van der Waals surface area contributed by atoms with Gasteiger partial charge in [-0.1, -0.05) is 25.1 Å². The fraction of sp³-hybridized carbons (Fsp3) is 0.353. The molecule has 1 aliphatic carbocycles.